The molecule has 3 nitrogen and oxygen atoms in total. The molecule has 0 aromatic carbocycles. The minimum absolute atomic E-state index is 0.155. The number of hydrogen-bond donors (Lipinski definition) is 1. The van der Waals surface area contributed by atoms with Gasteiger partial charge in [-0.15, -0.1) is 11.8 Å². The third-order valence-corrected chi connectivity index (χ3v) is 3.09. The van der Waals surface area contributed by atoms with Crippen LogP contribution in [-0.2, 0) is 0 Å². The summed E-state index contributed by atoms with van der Waals surface area (Å²) in [5.74, 6) is 0.748. The van der Waals surface area contributed by atoms with Gasteiger partial charge in [0.2, 0.25) is 0 Å². The number of nitriles is 1. The number of aromatic nitrogens is 1. The van der Waals surface area contributed by atoms with Crippen molar-refractivity contribution >= 4 is 23.4 Å². The molecule has 1 aromatic rings. The molecule has 14 heavy (non-hydrogen) atoms. The van der Waals surface area contributed by atoms with Crippen molar-refractivity contribution in [1.82, 2.24) is 4.98 Å². The van der Waals surface area contributed by atoms with Crippen molar-refractivity contribution in [1.29, 1.82) is 5.26 Å². The predicted molar refractivity (Wildman–Crippen MR) is 56.4 cm³/mol. The van der Waals surface area contributed by atoms with Gasteiger partial charge in [-0.25, -0.2) is 4.98 Å². The first-order valence-corrected chi connectivity index (χ1v) is 5.44. The van der Waals surface area contributed by atoms with Crippen LogP contribution in [-0.4, -0.2) is 22.5 Å². The summed E-state index contributed by atoms with van der Waals surface area (Å²) in [7, 11) is 0. The lowest BCUT2D eigenvalue weighted by atomic mass is 10.3. The topological polar surface area (TPSA) is 56.9 Å². The maximum Gasteiger partial charge on any atom is 0.116 e. The van der Waals surface area contributed by atoms with Gasteiger partial charge in [0.15, 0.2) is 0 Å². The first kappa shape index (κ1) is 11.3. The lowest BCUT2D eigenvalue weighted by Crippen LogP contribution is -1.89. The summed E-state index contributed by atoms with van der Waals surface area (Å²) in [4.78, 5) is 4.06. The number of aliphatic hydroxyl groups excluding tert-OH is 1. The van der Waals surface area contributed by atoms with Crippen molar-refractivity contribution in [2.75, 3.05) is 12.4 Å². The van der Waals surface area contributed by atoms with Crippen molar-refractivity contribution in [2.45, 2.75) is 11.4 Å². The van der Waals surface area contributed by atoms with Gasteiger partial charge in [0.25, 0.3) is 0 Å². The molecule has 0 fully saturated rings. The van der Waals surface area contributed by atoms with Crippen LogP contribution in [0.2, 0.25) is 5.02 Å². The summed E-state index contributed by atoms with van der Waals surface area (Å²) >= 11 is 7.37. The van der Waals surface area contributed by atoms with Crippen LogP contribution in [0.1, 0.15) is 12.0 Å². The number of aliphatic hydroxyl groups is 1. The Hall–Kier alpha value is -0.760. The normalized spacial score (nSPS) is 9.79. The predicted octanol–water partition coefficient (Wildman–Crippen LogP) is 2.08. The average molecular weight is 229 g/mol. The molecule has 5 heteroatoms. The Morgan fingerprint density at radius 3 is 3.07 bits per heavy atom. The zero-order valence-electron chi connectivity index (χ0n) is 7.40. The minimum Gasteiger partial charge on any atom is -0.396 e. The molecule has 0 aliphatic carbocycles. The average Bonchev–Trinajstić information content (AvgIpc) is 2.21. The smallest absolute Gasteiger partial charge is 0.116 e. The van der Waals surface area contributed by atoms with Gasteiger partial charge in [-0.05, 0) is 12.5 Å². The molecule has 0 unspecified atom stereocenters. The Morgan fingerprint density at radius 1 is 1.64 bits per heavy atom. The molecular weight excluding hydrogens is 220 g/mol. The molecule has 0 aliphatic rings. The van der Waals surface area contributed by atoms with E-state index in [2.05, 4.69) is 4.98 Å². The van der Waals surface area contributed by atoms with Gasteiger partial charge < -0.3 is 5.11 Å². The molecule has 1 rings (SSSR count). The van der Waals surface area contributed by atoms with E-state index in [0.29, 0.717) is 22.0 Å². The summed E-state index contributed by atoms with van der Waals surface area (Å²) in [6.45, 7) is 0.155. The van der Waals surface area contributed by atoms with Gasteiger partial charge in [-0.2, -0.15) is 5.26 Å². The van der Waals surface area contributed by atoms with Gasteiger partial charge in [-0.1, -0.05) is 11.6 Å². The Labute approximate surface area is 91.7 Å². The Kier molecular flexibility index (Phi) is 4.74. The largest absolute Gasteiger partial charge is 0.396 e. The molecule has 0 amide bonds. The van der Waals surface area contributed by atoms with Crippen molar-refractivity contribution in [3.63, 3.8) is 0 Å². The molecule has 0 aliphatic heterocycles. The van der Waals surface area contributed by atoms with Gasteiger partial charge in [0.05, 0.1) is 10.6 Å². The Bertz CT molecular complexity index is 351. The fraction of sp³-hybridized carbons (Fsp3) is 0.333. The number of nitrogens with zero attached hydrogens (tertiary/aromatic N) is 2. The van der Waals surface area contributed by atoms with E-state index in [1.54, 1.807) is 12.3 Å². The van der Waals surface area contributed by atoms with Crippen LogP contribution in [0.4, 0.5) is 0 Å². The zero-order chi connectivity index (χ0) is 10.4. The van der Waals surface area contributed by atoms with Gasteiger partial charge >= 0.3 is 0 Å². The highest BCUT2D eigenvalue weighted by atomic mass is 35.5. The molecule has 0 saturated carbocycles. The number of pyridine rings is 1. The second kappa shape index (κ2) is 5.86. The Morgan fingerprint density at radius 2 is 2.43 bits per heavy atom. The zero-order valence-corrected chi connectivity index (χ0v) is 8.98. The standard InChI is InChI=1S/C9H9ClN2OS/c10-8-7(6-11)2-3-12-9(8)14-5-1-4-13/h2-3,13H,1,4-5H2. The molecule has 74 valence electrons. The van der Waals surface area contributed by atoms with E-state index >= 15 is 0 Å². The molecular formula is C9H9ClN2OS. The van der Waals surface area contributed by atoms with Gasteiger partial charge in [0.1, 0.15) is 11.1 Å². The molecule has 0 radical (unpaired) electrons. The fourth-order valence-corrected chi connectivity index (χ4v) is 2.00. The van der Waals surface area contributed by atoms with Crippen LogP contribution < -0.4 is 0 Å². The van der Waals surface area contributed by atoms with Crippen LogP contribution >= 0.6 is 23.4 Å². The highest BCUT2D eigenvalue weighted by Gasteiger charge is 2.06. The third-order valence-electron chi connectivity index (χ3n) is 1.52. The molecule has 1 aromatic heterocycles. The fourth-order valence-electron chi connectivity index (χ4n) is 0.845. The molecule has 0 spiro atoms. The maximum absolute atomic E-state index is 8.70. The van der Waals surface area contributed by atoms with Gasteiger partial charge in [0, 0.05) is 18.6 Å². The maximum atomic E-state index is 8.70. The number of hydrogen-bond acceptors (Lipinski definition) is 4. The van der Waals surface area contributed by atoms with E-state index in [-0.39, 0.29) is 6.61 Å². The Balaban J connectivity index is 2.73. The number of halogens is 1. The second-order valence-electron chi connectivity index (χ2n) is 2.52. The van der Waals surface area contributed by atoms with Crippen LogP contribution in [0.25, 0.3) is 0 Å². The van der Waals surface area contributed by atoms with Crippen LogP contribution in [0.15, 0.2) is 17.3 Å². The molecule has 0 saturated heterocycles. The van der Waals surface area contributed by atoms with E-state index in [9.17, 15) is 0 Å². The molecule has 1 N–H and O–H groups in total. The van der Waals surface area contributed by atoms with Crippen LogP contribution in [0.3, 0.4) is 0 Å². The summed E-state index contributed by atoms with van der Waals surface area (Å²) in [5, 5.41) is 18.4. The monoisotopic (exact) mass is 228 g/mol. The van der Waals surface area contributed by atoms with Crippen LogP contribution in [0, 0.1) is 11.3 Å². The SMILES string of the molecule is N#Cc1ccnc(SCCCO)c1Cl. The molecule has 0 bridgehead atoms. The van der Waals surface area contributed by atoms with Crippen molar-refractivity contribution in [3.05, 3.63) is 22.8 Å². The third kappa shape index (κ3) is 2.88. The molecule has 0 atom stereocenters. The summed E-state index contributed by atoms with van der Waals surface area (Å²) in [5.41, 5.74) is 0.438. The number of rotatable bonds is 4. The first-order valence-electron chi connectivity index (χ1n) is 4.08. The quantitative estimate of drug-likeness (QED) is 0.633. The van der Waals surface area contributed by atoms with Crippen LogP contribution in [0.5, 0.6) is 0 Å². The first-order chi connectivity index (χ1) is 6.79. The van der Waals surface area contributed by atoms with E-state index in [4.69, 9.17) is 22.0 Å². The number of thioether (sulfide) groups is 1. The summed E-state index contributed by atoms with van der Waals surface area (Å²) in [6.07, 6.45) is 2.26. The highest BCUT2D eigenvalue weighted by molar-refractivity contribution is 7.99. The van der Waals surface area contributed by atoms with Gasteiger partial charge in [-0.3, -0.25) is 0 Å². The molecule has 1 heterocycles. The second-order valence-corrected chi connectivity index (χ2v) is 3.98. The lowest BCUT2D eigenvalue weighted by Gasteiger charge is -2.02. The summed E-state index contributed by atoms with van der Waals surface area (Å²) < 4.78 is 0. The van der Waals surface area contributed by atoms with E-state index < -0.39 is 0 Å². The van der Waals surface area contributed by atoms with Crippen molar-refractivity contribution in [3.8, 4) is 6.07 Å². The van der Waals surface area contributed by atoms with Crippen molar-refractivity contribution < 1.29 is 5.11 Å². The van der Waals surface area contributed by atoms with Crippen molar-refractivity contribution in [2.24, 2.45) is 0 Å². The minimum atomic E-state index is 0.155. The lowest BCUT2D eigenvalue weighted by molar-refractivity contribution is 0.296. The van der Waals surface area contributed by atoms with E-state index in [1.807, 2.05) is 6.07 Å². The summed E-state index contributed by atoms with van der Waals surface area (Å²) in [6, 6.07) is 3.57. The van der Waals surface area contributed by atoms with E-state index in [1.165, 1.54) is 11.8 Å². The highest BCUT2D eigenvalue weighted by Crippen LogP contribution is 2.27. The van der Waals surface area contributed by atoms with E-state index in [0.717, 1.165) is 5.75 Å².